The van der Waals surface area contributed by atoms with E-state index in [2.05, 4.69) is 10.6 Å². The molecular weight excluding hydrogens is 432 g/mol. The number of nitrogens with zero attached hydrogens (tertiary/aromatic N) is 2. The van der Waals surface area contributed by atoms with Gasteiger partial charge in [0.05, 0.1) is 24.6 Å². The molecular formula is C22H28N4O5S. The summed E-state index contributed by atoms with van der Waals surface area (Å²) in [6.07, 6.45) is 0. The van der Waals surface area contributed by atoms with E-state index < -0.39 is 10.0 Å². The van der Waals surface area contributed by atoms with Crippen molar-refractivity contribution in [3.05, 3.63) is 59.7 Å². The molecule has 9 nitrogen and oxygen atoms in total. The molecule has 10 heteroatoms. The lowest BCUT2D eigenvalue weighted by Gasteiger charge is -2.27. The SMILES string of the molecule is COc1ccccc1[C@H](CNC(=O)c1cccc(S(=O)(=O)N2CCNC(=O)C2)c1)N(C)C. The zero-order valence-electron chi connectivity index (χ0n) is 18.4. The van der Waals surface area contributed by atoms with Crippen molar-refractivity contribution in [3.63, 3.8) is 0 Å². The van der Waals surface area contributed by atoms with Gasteiger partial charge in [-0.05, 0) is 38.4 Å². The van der Waals surface area contributed by atoms with Crippen molar-refractivity contribution in [1.82, 2.24) is 19.8 Å². The van der Waals surface area contributed by atoms with E-state index in [9.17, 15) is 18.0 Å². The molecule has 2 aromatic carbocycles. The van der Waals surface area contributed by atoms with Gasteiger partial charge in [0.2, 0.25) is 15.9 Å². The Kier molecular flexibility index (Phi) is 7.49. The predicted molar refractivity (Wildman–Crippen MR) is 120 cm³/mol. The number of para-hydroxylation sites is 1. The summed E-state index contributed by atoms with van der Waals surface area (Å²) in [5, 5.41) is 5.49. The van der Waals surface area contributed by atoms with Gasteiger partial charge in [-0.2, -0.15) is 4.31 Å². The van der Waals surface area contributed by atoms with Gasteiger partial charge in [-0.1, -0.05) is 24.3 Å². The number of likely N-dealkylation sites (N-methyl/N-ethyl adjacent to an activating group) is 1. The van der Waals surface area contributed by atoms with Crippen LogP contribution in [0.2, 0.25) is 0 Å². The summed E-state index contributed by atoms with van der Waals surface area (Å²) in [5.41, 5.74) is 1.16. The molecule has 0 bridgehead atoms. The van der Waals surface area contributed by atoms with E-state index >= 15 is 0 Å². The number of ether oxygens (including phenoxy) is 1. The maximum absolute atomic E-state index is 12.9. The van der Waals surface area contributed by atoms with Crippen LogP contribution in [0.25, 0.3) is 0 Å². The number of piperazine rings is 1. The number of sulfonamides is 1. The van der Waals surface area contributed by atoms with Crippen LogP contribution in [-0.2, 0) is 14.8 Å². The summed E-state index contributed by atoms with van der Waals surface area (Å²) in [5.74, 6) is -0.0147. The van der Waals surface area contributed by atoms with Gasteiger partial charge in [-0.15, -0.1) is 0 Å². The molecule has 1 atom stereocenters. The van der Waals surface area contributed by atoms with E-state index in [0.29, 0.717) is 6.54 Å². The first-order valence-corrected chi connectivity index (χ1v) is 11.6. The molecule has 2 aromatic rings. The number of rotatable bonds is 8. The number of methoxy groups -OCH3 is 1. The van der Waals surface area contributed by atoms with E-state index in [1.807, 2.05) is 43.3 Å². The summed E-state index contributed by atoms with van der Waals surface area (Å²) in [7, 11) is 1.54. The fraction of sp³-hybridized carbons (Fsp3) is 0.364. The second kappa shape index (κ2) is 10.1. The summed E-state index contributed by atoms with van der Waals surface area (Å²) in [6, 6.07) is 13.3. The molecule has 0 aliphatic carbocycles. The number of benzene rings is 2. The quantitative estimate of drug-likeness (QED) is 0.605. The van der Waals surface area contributed by atoms with E-state index in [1.54, 1.807) is 13.2 Å². The second-order valence-corrected chi connectivity index (χ2v) is 9.59. The highest BCUT2D eigenvalue weighted by Gasteiger charge is 2.29. The fourth-order valence-corrected chi connectivity index (χ4v) is 5.01. The van der Waals surface area contributed by atoms with Crippen molar-refractivity contribution in [1.29, 1.82) is 0 Å². The molecule has 0 radical (unpaired) electrons. The third kappa shape index (κ3) is 5.26. The van der Waals surface area contributed by atoms with Gasteiger partial charge in [0.15, 0.2) is 0 Å². The number of carbonyl (C=O) groups is 2. The molecule has 1 aliphatic rings. The normalized spacial score (nSPS) is 15.8. The Morgan fingerprint density at radius 1 is 1.22 bits per heavy atom. The Hall–Kier alpha value is -2.95. The molecule has 0 unspecified atom stereocenters. The first-order valence-electron chi connectivity index (χ1n) is 10.2. The number of amides is 2. The minimum absolute atomic E-state index is 0.0197. The third-order valence-corrected chi connectivity index (χ3v) is 7.16. The van der Waals surface area contributed by atoms with Crippen LogP contribution in [0.5, 0.6) is 5.75 Å². The Morgan fingerprint density at radius 3 is 2.66 bits per heavy atom. The van der Waals surface area contributed by atoms with Crippen molar-refractivity contribution in [2.24, 2.45) is 0 Å². The van der Waals surface area contributed by atoms with Crippen molar-refractivity contribution in [3.8, 4) is 5.75 Å². The fourth-order valence-electron chi connectivity index (χ4n) is 3.57. The Labute approximate surface area is 188 Å². The summed E-state index contributed by atoms with van der Waals surface area (Å²) in [6.45, 7) is 0.513. The van der Waals surface area contributed by atoms with Crippen molar-refractivity contribution >= 4 is 21.8 Å². The number of hydrogen-bond donors (Lipinski definition) is 2. The molecule has 1 heterocycles. The van der Waals surface area contributed by atoms with Gasteiger partial charge in [-0.25, -0.2) is 8.42 Å². The lowest BCUT2D eigenvalue weighted by molar-refractivity contribution is -0.122. The average Bonchev–Trinajstić information content (AvgIpc) is 2.79. The van der Waals surface area contributed by atoms with Crippen LogP contribution in [-0.4, -0.2) is 76.8 Å². The van der Waals surface area contributed by atoms with Crippen LogP contribution < -0.4 is 15.4 Å². The Bertz CT molecular complexity index is 1090. The number of nitrogens with one attached hydrogen (secondary N) is 2. The highest BCUT2D eigenvalue weighted by molar-refractivity contribution is 7.89. The monoisotopic (exact) mass is 460 g/mol. The van der Waals surface area contributed by atoms with E-state index in [4.69, 9.17) is 4.74 Å². The first-order chi connectivity index (χ1) is 15.2. The molecule has 2 N–H and O–H groups in total. The molecule has 32 heavy (non-hydrogen) atoms. The van der Waals surface area contributed by atoms with Crippen LogP contribution in [0.3, 0.4) is 0 Å². The van der Waals surface area contributed by atoms with Gasteiger partial charge >= 0.3 is 0 Å². The standard InChI is InChI=1S/C22H28N4O5S/c1-25(2)19(18-9-4-5-10-20(18)31-3)14-24-22(28)16-7-6-8-17(13-16)32(29,30)26-12-11-23-21(27)15-26/h4-10,13,19H,11-12,14-15H2,1-3H3,(H,23,27)(H,24,28)/t19-/m0/s1. The molecule has 1 fully saturated rings. The lowest BCUT2D eigenvalue weighted by Crippen LogP contribution is -2.49. The molecule has 2 amide bonds. The maximum Gasteiger partial charge on any atom is 0.251 e. The van der Waals surface area contributed by atoms with E-state index in [0.717, 1.165) is 15.6 Å². The molecule has 0 aromatic heterocycles. The molecule has 3 rings (SSSR count). The second-order valence-electron chi connectivity index (χ2n) is 7.65. The topological polar surface area (TPSA) is 108 Å². The van der Waals surface area contributed by atoms with Crippen molar-refractivity contribution in [2.45, 2.75) is 10.9 Å². The Morgan fingerprint density at radius 2 is 1.97 bits per heavy atom. The lowest BCUT2D eigenvalue weighted by atomic mass is 10.0. The number of hydrogen-bond acceptors (Lipinski definition) is 6. The maximum atomic E-state index is 12.9. The summed E-state index contributed by atoms with van der Waals surface area (Å²) >= 11 is 0. The van der Waals surface area contributed by atoms with Crippen LogP contribution in [0.15, 0.2) is 53.4 Å². The molecule has 0 spiro atoms. The Balaban J connectivity index is 1.76. The van der Waals surface area contributed by atoms with Crippen molar-refractivity contribution in [2.75, 3.05) is 47.4 Å². The minimum Gasteiger partial charge on any atom is -0.496 e. The smallest absolute Gasteiger partial charge is 0.251 e. The highest BCUT2D eigenvalue weighted by Crippen LogP contribution is 2.27. The largest absolute Gasteiger partial charge is 0.496 e. The third-order valence-electron chi connectivity index (χ3n) is 5.31. The van der Waals surface area contributed by atoms with Gasteiger partial charge in [0.25, 0.3) is 5.91 Å². The average molecular weight is 461 g/mol. The van der Waals surface area contributed by atoms with Crippen LogP contribution in [0.1, 0.15) is 22.0 Å². The molecule has 1 saturated heterocycles. The number of carbonyl (C=O) groups excluding carboxylic acids is 2. The zero-order chi connectivity index (χ0) is 23.3. The van der Waals surface area contributed by atoms with Crippen LogP contribution >= 0.6 is 0 Å². The predicted octanol–water partition coefficient (Wildman–Crippen LogP) is 0.848. The molecule has 1 aliphatic heterocycles. The minimum atomic E-state index is -3.88. The molecule has 0 saturated carbocycles. The zero-order valence-corrected chi connectivity index (χ0v) is 19.2. The first kappa shape index (κ1) is 23.7. The van der Waals surface area contributed by atoms with Gasteiger partial charge in [0.1, 0.15) is 5.75 Å². The highest BCUT2D eigenvalue weighted by atomic mass is 32.2. The van der Waals surface area contributed by atoms with Crippen LogP contribution in [0, 0.1) is 0 Å². The van der Waals surface area contributed by atoms with Crippen LogP contribution in [0.4, 0.5) is 0 Å². The summed E-state index contributed by atoms with van der Waals surface area (Å²) < 4.78 is 32.4. The van der Waals surface area contributed by atoms with E-state index in [1.165, 1.54) is 18.2 Å². The van der Waals surface area contributed by atoms with Gasteiger partial charge in [-0.3, -0.25) is 9.59 Å². The van der Waals surface area contributed by atoms with E-state index in [-0.39, 0.29) is 47.9 Å². The summed E-state index contributed by atoms with van der Waals surface area (Å²) in [4.78, 5) is 26.4. The van der Waals surface area contributed by atoms with Crippen molar-refractivity contribution < 1.29 is 22.7 Å². The molecule has 172 valence electrons. The van der Waals surface area contributed by atoms with Gasteiger partial charge in [0, 0.05) is 30.8 Å². The van der Waals surface area contributed by atoms with Gasteiger partial charge < -0.3 is 20.3 Å².